The first-order valence-corrected chi connectivity index (χ1v) is 6.12. The quantitative estimate of drug-likeness (QED) is 0.512. The Hall–Kier alpha value is 1.09. The van der Waals surface area contributed by atoms with E-state index in [1.54, 1.807) is 0 Å². The second-order valence-electron chi connectivity index (χ2n) is 3.51. The molecule has 0 saturated heterocycles. The molecule has 1 unspecified atom stereocenters. The molecule has 0 heterocycles. The first-order valence-electron chi connectivity index (χ1n) is 3.81. The smallest absolute Gasteiger partial charge is 0.0846 e. The second-order valence-corrected chi connectivity index (χ2v) is 5.95. The molecule has 0 amide bonds. The molecule has 4 atom stereocenters. The average Bonchev–Trinajstić information content (AvgIpc) is 2.38. The first kappa shape index (κ1) is 9.64. The number of rotatable bonds is 1. The first-order chi connectivity index (χ1) is 5.53. The maximum absolute atomic E-state index is 6.37. The average molecular weight is 290 g/mol. The van der Waals surface area contributed by atoms with Crippen LogP contribution in [0, 0.1) is 5.92 Å². The van der Waals surface area contributed by atoms with Gasteiger partial charge in [0.1, 0.15) is 0 Å². The van der Waals surface area contributed by atoms with E-state index in [4.69, 9.17) is 34.8 Å². The molecule has 0 aromatic rings. The van der Waals surface area contributed by atoms with Crippen molar-refractivity contribution in [2.45, 2.75) is 21.5 Å². The highest BCUT2D eigenvalue weighted by Crippen LogP contribution is 2.59. The minimum atomic E-state index is -0.424. The summed E-state index contributed by atoms with van der Waals surface area (Å²) in [4.78, 5) is -0.825. The zero-order chi connectivity index (χ0) is 8.98. The van der Waals surface area contributed by atoms with Crippen molar-refractivity contribution in [1.29, 1.82) is 0 Å². The Kier molecular flexibility index (Phi) is 2.24. The molecule has 12 heavy (non-hydrogen) atoms. The zero-order valence-electron chi connectivity index (χ0n) is 6.24. The summed E-state index contributed by atoms with van der Waals surface area (Å²) in [5, 5.41) is 0.689. The highest BCUT2D eigenvalue weighted by molar-refractivity contribution is 9.09. The predicted molar refractivity (Wildman–Crippen MR) is 57.9 cm³/mol. The summed E-state index contributed by atoms with van der Waals surface area (Å²) in [6.07, 6.45) is 4.76. The fourth-order valence-electron chi connectivity index (χ4n) is 2.02. The molecule has 1 fully saturated rings. The Balaban J connectivity index is 2.38. The van der Waals surface area contributed by atoms with Crippen molar-refractivity contribution in [3.63, 3.8) is 0 Å². The monoisotopic (exact) mass is 288 g/mol. The largest absolute Gasteiger partial charge is 0.118 e. The van der Waals surface area contributed by atoms with Crippen LogP contribution in [-0.2, 0) is 0 Å². The van der Waals surface area contributed by atoms with E-state index in [9.17, 15) is 0 Å². The minimum Gasteiger partial charge on any atom is -0.118 e. The van der Waals surface area contributed by atoms with Gasteiger partial charge in [0.25, 0.3) is 0 Å². The molecule has 0 aromatic heterocycles. The second kappa shape index (κ2) is 2.79. The number of fused-ring (bicyclic) bond motifs is 2. The Bertz CT molecular complexity index is 242. The fourth-order valence-corrected chi connectivity index (χ4v) is 4.29. The maximum Gasteiger partial charge on any atom is 0.0846 e. The van der Waals surface area contributed by atoms with E-state index in [2.05, 4.69) is 15.9 Å². The fraction of sp³-hybridized carbons (Fsp3) is 0.750. The standard InChI is InChI=1S/C8H8BrCl3/c9-4-5-3-7(11)1-2-8(5,12)6(7)10/h1-2,5-6H,3-4H2/t5-,6?,7+,8-/m0/s1. The van der Waals surface area contributed by atoms with Gasteiger partial charge < -0.3 is 0 Å². The summed E-state index contributed by atoms with van der Waals surface area (Å²) in [5.41, 5.74) is 0. The van der Waals surface area contributed by atoms with Crippen LogP contribution in [-0.4, -0.2) is 20.5 Å². The molecule has 68 valence electrons. The third-order valence-electron chi connectivity index (χ3n) is 2.80. The predicted octanol–water partition coefficient (Wildman–Crippen LogP) is 3.53. The van der Waals surface area contributed by atoms with Crippen molar-refractivity contribution in [2.75, 3.05) is 5.33 Å². The van der Waals surface area contributed by atoms with E-state index in [-0.39, 0.29) is 5.38 Å². The number of hydrogen-bond acceptors (Lipinski definition) is 0. The lowest BCUT2D eigenvalue weighted by molar-refractivity contribution is 0.537. The molecule has 2 rings (SSSR count). The Morgan fingerprint density at radius 2 is 2.08 bits per heavy atom. The summed E-state index contributed by atoms with van der Waals surface area (Å²) in [6.45, 7) is 0. The number of halogens is 4. The molecule has 0 aliphatic heterocycles. The van der Waals surface area contributed by atoms with Crippen LogP contribution in [0.25, 0.3) is 0 Å². The molecule has 2 aliphatic carbocycles. The number of alkyl halides is 4. The van der Waals surface area contributed by atoms with E-state index in [1.165, 1.54) is 0 Å². The lowest BCUT2D eigenvalue weighted by Crippen LogP contribution is -2.33. The van der Waals surface area contributed by atoms with Gasteiger partial charge in [0, 0.05) is 5.33 Å². The molecule has 2 aliphatic rings. The van der Waals surface area contributed by atoms with Crippen molar-refractivity contribution >= 4 is 50.7 Å². The summed E-state index contributed by atoms with van der Waals surface area (Å²) in [7, 11) is 0. The van der Waals surface area contributed by atoms with Gasteiger partial charge in [0.2, 0.25) is 0 Å². The van der Waals surface area contributed by atoms with Gasteiger partial charge >= 0.3 is 0 Å². The van der Waals surface area contributed by atoms with E-state index >= 15 is 0 Å². The molecular weight excluding hydrogens is 282 g/mol. The Morgan fingerprint density at radius 3 is 2.33 bits per heavy atom. The van der Waals surface area contributed by atoms with Crippen LogP contribution in [0.1, 0.15) is 6.42 Å². The van der Waals surface area contributed by atoms with Crippen molar-refractivity contribution in [1.82, 2.24) is 0 Å². The van der Waals surface area contributed by atoms with Crippen LogP contribution in [0.15, 0.2) is 12.2 Å². The topological polar surface area (TPSA) is 0 Å². The van der Waals surface area contributed by atoms with Gasteiger partial charge in [0.05, 0.1) is 15.1 Å². The molecule has 0 N–H and O–H groups in total. The Morgan fingerprint density at radius 1 is 1.42 bits per heavy atom. The maximum atomic E-state index is 6.37. The lowest BCUT2D eigenvalue weighted by Gasteiger charge is -2.25. The van der Waals surface area contributed by atoms with Crippen LogP contribution >= 0.6 is 50.7 Å². The van der Waals surface area contributed by atoms with Gasteiger partial charge in [-0.1, -0.05) is 28.1 Å². The zero-order valence-corrected chi connectivity index (χ0v) is 10.1. The van der Waals surface area contributed by atoms with Gasteiger partial charge in [-0.3, -0.25) is 0 Å². The Labute approximate surface area is 95.4 Å². The molecule has 2 bridgehead atoms. The summed E-state index contributed by atoms with van der Waals surface area (Å²) in [6, 6.07) is 0. The summed E-state index contributed by atoms with van der Waals surface area (Å²) in [5.74, 6) is 0.351. The van der Waals surface area contributed by atoms with E-state index in [1.807, 2.05) is 12.2 Å². The normalized spacial score (nSPS) is 56.7. The van der Waals surface area contributed by atoms with Crippen molar-refractivity contribution < 1.29 is 0 Å². The van der Waals surface area contributed by atoms with Crippen LogP contribution in [0.3, 0.4) is 0 Å². The summed E-state index contributed by atoms with van der Waals surface area (Å²) >= 11 is 22.3. The van der Waals surface area contributed by atoms with E-state index < -0.39 is 9.75 Å². The third-order valence-corrected chi connectivity index (χ3v) is 5.70. The lowest BCUT2D eigenvalue weighted by atomic mass is 9.95. The van der Waals surface area contributed by atoms with E-state index in [0.29, 0.717) is 5.92 Å². The van der Waals surface area contributed by atoms with Crippen molar-refractivity contribution in [3.05, 3.63) is 12.2 Å². The van der Waals surface area contributed by atoms with Gasteiger partial charge in [-0.25, -0.2) is 0 Å². The van der Waals surface area contributed by atoms with Gasteiger partial charge in [0.15, 0.2) is 0 Å². The molecule has 4 heteroatoms. The minimum absolute atomic E-state index is 0.170. The van der Waals surface area contributed by atoms with Crippen molar-refractivity contribution in [3.8, 4) is 0 Å². The molecule has 0 nitrogen and oxygen atoms in total. The number of hydrogen-bond donors (Lipinski definition) is 0. The van der Waals surface area contributed by atoms with Crippen LogP contribution in [0.5, 0.6) is 0 Å². The highest BCUT2D eigenvalue weighted by Gasteiger charge is 2.61. The number of allylic oxidation sites excluding steroid dienone is 2. The van der Waals surface area contributed by atoms with E-state index in [0.717, 1.165) is 11.8 Å². The van der Waals surface area contributed by atoms with Crippen LogP contribution < -0.4 is 0 Å². The van der Waals surface area contributed by atoms with Crippen molar-refractivity contribution in [2.24, 2.45) is 5.92 Å². The molecule has 1 saturated carbocycles. The van der Waals surface area contributed by atoms with Crippen LogP contribution in [0.4, 0.5) is 0 Å². The molecule has 0 radical (unpaired) electrons. The van der Waals surface area contributed by atoms with Gasteiger partial charge in [-0.05, 0) is 12.3 Å². The molecular formula is C8H8BrCl3. The van der Waals surface area contributed by atoms with Crippen LogP contribution in [0.2, 0.25) is 0 Å². The third kappa shape index (κ3) is 1.03. The SMILES string of the molecule is ClC1[C@@]2(Cl)C=C[C@]1(Cl)[C@H](CBr)C2. The summed E-state index contributed by atoms with van der Waals surface area (Å²) < 4.78 is 0. The van der Waals surface area contributed by atoms with Gasteiger partial charge in [-0.2, -0.15) is 0 Å². The molecule has 0 spiro atoms. The van der Waals surface area contributed by atoms with Gasteiger partial charge in [-0.15, -0.1) is 34.8 Å². The molecule has 0 aromatic carbocycles. The highest BCUT2D eigenvalue weighted by atomic mass is 79.9.